The van der Waals surface area contributed by atoms with Gasteiger partial charge in [-0.05, 0) is 24.1 Å². The maximum absolute atomic E-state index is 5.71. The van der Waals surface area contributed by atoms with E-state index >= 15 is 0 Å². The number of hydrogen-bond donors (Lipinski definition) is 0. The number of benzene rings is 1. The van der Waals surface area contributed by atoms with Gasteiger partial charge in [-0.3, -0.25) is 4.99 Å². The summed E-state index contributed by atoms with van der Waals surface area (Å²) in [5.74, 6) is 0.888. The molecular weight excluding hydrogens is 218 g/mol. The van der Waals surface area contributed by atoms with Crippen LogP contribution < -0.4 is 0 Å². The molecule has 4 heteroatoms. The first kappa shape index (κ1) is 12.7. The fraction of sp³-hybridized carbons (Fsp3) is 0.214. The summed E-state index contributed by atoms with van der Waals surface area (Å²) in [6.07, 6.45) is 5.66. The maximum atomic E-state index is 5.71. The summed E-state index contributed by atoms with van der Waals surface area (Å²) in [5.41, 5.74) is 2.42. The van der Waals surface area contributed by atoms with Gasteiger partial charge in [0.25, 0.3) is 0 Å². The number of nitrogens with zero attached hydrogens (tertiary/aromatic N) is 2. The maximum Gasteiger partial charge on any atom is 0.0998 e. The van der Waals surface area contributed by atoms with E-state index in [1.165, 1.54) is 11.1 Å². The van der Waals surface area contributed by atoms with Gasteiger partial charge >= 0.3 is 0 Å². The normalized spacial score (nSPS) is 19.1. The zero-order valence-electron chi connectivity index (χ0n) is 10.6. The Kier molecular flexibility index (Phi) is 4.08. The first-order valence-electron chi connectivity index (χ1n) is 5.99. The molecule has 1 aliphatic rings. The average Bonchev–Trinajstić information content (AvgIpc) is 2.53. The lowest BCUT2D eigenvalue weighted by Gasteiger charge is -2.18. The van der Waals surface area contributed by atoms with E-state index in [0.717, 1.165) is 12.4 Å². The van der Waals surface area contributed by atoms with Crippen molar-refractivity contribution in [3.8, 4) is 0 Å². The summed E-state index contributed by atoms with van der Waals surface area (Å²) in [6, 6.07) is 8.27. The van der Waals surface area contributed by atoms with E-state index in [4.69, 9.17) is 7.74 Å². The third-order valence-electron chi connectivity index (χ3n) is 3.04. The van der Waals surface area contributed by atoms with Gasteiger partial charge in [-0.25, -0.2) is 0 Å². The molecule has 0 N–H and O–H groups in total. The molecule has 0 spiro atoms. The standard InChI is InChI=1S/C14H15B2N2/c1-3-4-9-18-10-12-7-5-6-8-13(12)14(16-15)17-11(18)2/h3-9,14H,1,10H2,2H3/b9-4-. The van der Waals surface area contributed by atoms with Crippen molar-refractivity contribution in [2.75, 3.05) is 0 Å². The predicted molar refractivity (Wildman–Crippen MR) is 78.7 cm³/mol. The van der Waals surface area contributed by atoms with E-state index in [9.17, 15) is 0 Å². The molecule has 0 fully saturated rings. The molecular formula is C14H15B2N2. The van der Waals surface area contributed by atoms with Crippen LogP contribution >= 0.6 is 0 Å². The molecule has 2 nitrogen and oxygen atoms in total. The quantitative estimate of drug-likeness (QED) is 0.578. The molecule has 1 unspecified atom stereocenters. The predicted octanol–water partition coefficient (Wildman–Crippen LogP) is 2.41. The number of rotatable bonds is 3. The summed E-state index contributed by atoms with van der Waals surface area (Å²) in [5, 5.41) is 0. The second kappa shape index (κ2) is 5.76. The molecule has 0 saturated carbocycles. The van der Waals surface area contributed by atoms with E-state index < -0.39 is 0 Å². The number of amidine groups is 1. The average molecular weight is 233 g/mol. The smallest absolute Gasteiger partial charge is 0.0998 e. The molecule has 1 heterocycles. The highest BCUT2D eigenvalue weighted by atomic mass is 15.2. The molecule has 0 amide bonds. The Morgan fingerprint density at radius 3 is 3.00 bits per heavy atom. The first-order chi connectivity index (χ1) is 8.76. The van der Waals surface area contributed by atoms with Crippen molar-refractivity contribution >= 4 is 20.7 Å². The fourth-order valence-corrected chi connectivity index (χ4v) is 2.08. The SMILES string of the molecule is [B][B]C1N=C(C)N(/C=C\C=C)Cc2ccccc21. The lowest BCUT2D eigenvalue weighted by atomic mass is 9.49. The Morgan fingerprint density at radius 2 is 2.28 bits per heavy atom. The van der Waals surface area contributed by atoms with Gasteiger partial charge < -0.3 is 4.90 Å². The van der Waals surface area contributed by atoms with E-state index in [2.05, 4.69) is 28.6 Å². The minimum absolute atomic E-state index is 0.0664. The highest BCUT2D eigenvalue weighted by molar-refractivity contribution is 6.90. The van der Waals surface area contributed by atoms with Crippen LogP contribution in [-0.2, 0) is 6.54 Å². The minimum Gasteiger partial charge on any atom is -0.333 e. The molecule has 2 rings (SSSR count). The van der Waals surface area contributed by atoms with Gasteiger partial charge in [0.05, 0.1) is 13.0 Å². The Balaban J connectivity index is 2.42. The van der Waals surface area contributed by atoms with Gasteiger partial charge in [-0.1, -0.05) is 36.9 Å². The van der Waals surface area contributed by atoms with Crippen LogP contribution in [0.15, 0.2) is 54.2 Å². The molecule has 0 aromatic heterocycles. The molecule has 1 atom stereocenters. The van der Waals surface area contributed by atoms with E-state index in [0.29, 0.717) is 0 Å². The third kappa shape index (κ3) is 2.58. The van der Waals surface area contributed by atoms with E-state index in [-0.39, 0.29) is 5.94 Å². The number of fused-ring (bicyclic) bond motifs is 1. The Morgan fingerprint density at radius 1 is 1.50 bits per heavy atom. The molecule has 3 radical (unpaired) electrons. The lowest BCUT2D eigenvalue weighted by molar-refractivity contribution is 0.552. The number of aliphatic imine (C=N–C) groups is 1. The minimum atomic E-state index is -0.0664. The molecule has 0 saturated heterocycles. The van der Waals surface area contributed by atoms with Crippen LogP contribution in [0.4, 0.5) is 0 Å². The van der Waals surface area contributed by atoms with Crippen molar-refractivity contribution in [1.29, 1.82) is 0 Å². The van der Waals surface area contributed by atoms with Crippen molar-refractivity contribution in [2.24, 2.45) is 4.99 Å². The van der Waals surface area contributed by atoms with Gasteiger partial charge in [-0.2, -0.15) is 0 Å². The molecule has 1 aromatic rings. The lowest BCUT2D eigenvalue weighted by Crippen LogP contribution is -2.21. The molecule has 1 aromatic carbocycles. The Hall–Kier alpha value is -1.70. The highest BCUT2D eigenvalue weighted by Crippen LogP contribution is 2.25. The Labute approximate surface area is 111 Å². The summed E-state index contributed by atoms with van der Waals surface area (Å²) < 4.78 is 0. The Bertz CT molecular complexity index is 494. The van der Waals surface area contributed by atoms with Crippen molar-refractivity contribution in [2.45, 2.75) is 19.4 Å². The first-order valence-corrected chi connectivity index (χ1v) is 5.99. The van der Waals surface area contributed by atoms with Crippen molar-refractivity contribution in [1.82, 2.24) is 4.90 Å². The van der Waals surface area contributed by atoms with Crippen LogP contribution in [0.3, 0.4) is 0 Å². The third-order valence-corrected chi connectivity index (χ3v) is 3.04. The topological polar surface area (TPSA) is 15.6 Å². The fourth-order valence-electron chi connectivity index (χ4n) is 2.08. The van der Waals surface area contributed by atoms with Gasteiger partial charge in [0.1, 0.15) is 0 Å². The van der Waals surface area contributed by atoms with E-state index in [1.807, 2.05) is 31.3 Å². The van der Waals surface area contributed by atoms with Crippen LogP contribution in [0.5, 0.6) is 0 Å². The van der Waals surface area contributed by atoms with E-state index in [1.54, 1.807) is 13.2 Å². The molecule has 0 bridgehead atoms. The molecule has 1 aliphatic heterocycles. The van der Waals surface area contributed by atoms with Gasteiger partial charge in [0.2, 0.25) is 0 Å². The van der Waals surface area contributed by atoms with Crippen molar-refractivity contribution < 1.29 is 0 Å². The van der Waals surface area contributed by atoms with Gasteiger partial charge in [0, 0.05) is 26.4 Å². The number of hydrogen-bond acceptors (Lipinski definition) is 2. The van der Waals surface area contributed by atoms with Crippen LogP contribution in [0, 0.1) is 0 Å². The molecule has 87 valence electrons. The summed E-state index contributed by atoms with van der Waals surface area (Å²) >= 11 is 0. The summed E-state index contributed by atoms with van der Waals surface area (Å²) in [4.78, 5) is 6.75. The second-order valence-electron chi connectivity index (χ2n) is 4.22. The van der Waals surface area contributed by atoms with Crippen molar-refractivity contribution in [3.63, 3.8) is 0 Å². The van der Waals surface area contributed by atoms with Crippen molar-refractivity contribution in [3.05, 3.63) is 60.3 Å². The van der Waals surface area contributed by atoms with Crippen LogP contribution in [-0.4, -0.2) is 25.6 Å². The largest absolute Gasteiger partial charge is 0.333 e. The van der Waals surface area contributed by atoms with Gasteiger partial charge in [0.15, 0.2) is 0 Å². The summed E-state index contributed by atoms with van der Waals surface area (Å²) in [6.45, 7) is 6.49. The number of allylic oxidation sites excluding steroid dienone is 2. The molecule has 0 aliphatic carbocycles. The monoisotopic (exact) mass is 233 g/mol. The molecule has 18 heavy (non-hydrogen) atoms. The second-order valence-corrected chi connectivity index (χ2v) is 4.22. The van der Waals surface area contributed by atoms with Gasteiger partial charge in [-0.15, -0.1) is 0 Å². The van der Waals surface area contributed by atoms with Crippen LogP contribution in [0.25, 0.3) is 0 Å². The zero-order valence-corrected chi connectivity index (χ0v) is 10.6. The summed E-state index contributed by atoms with van der Waals surface area (Å²) in [7, 11) is 7.35. The zero-order chi connectivity index (χ0) is 13.0. The van der Waals surface area contributed by atoms with Crippen LogP contribution in [0.1, 0.15) is 24.0 Å². The van der Waals surface area contributed by atoms with Crippen LogP contribution in [0.2, 0.25) is 0 Å². The highest BCUT2D eigenvalue weighted by Gasteiger charge is 2.19.